The van der Waals surface area contributed by atoms with Crippen molar-refractivity contribution in [2.45, 2.75) is 46.6 Å². The Morgan fingerprint density at radius 2 is 1.90 bits per heavy atom. The molecule has 0 N–H and O–H groups in total. The van der Waals surface area contributed by atoms with Crippen molar-refractivity contribution < 1.29 is 19.0 Å². The van der Waals surface area contributed by atoms with E-state index in [2.05, 4.69) is 34.9 Å². The lowest BCUT2D eigenvalue weighted by molar-refractivity contribution is -0.147. The van der Waals surface area contributed by atoms with Crippen LogP contribution in [0.2, 0.25) is 5.02 Å². The Bertz CT molecular complexity index is 1680. The number of carbonyl (C=O) groups excluding carboxylic acids is 1. The van der Waals surface area contributed by atoms with Crippen LogP contribution in [0.1, 0.15) is 50.3 Å². The lowest BCUT2D eigenvalue weighted by atomic mass is 9.96. The highest BCUT2D eigenvalue weighted by Crippen LogP contribution is 2.36. The molecule has 0 saturated heterocycles. The van der Waals surface area contributed by atoms with Gasteiger partial charge in [0.05, 0.1) is 40.3 Å². The summed E-state index contributed by atoms with van der Waals surface area (Å²) in [5.74, 6) is 1.16. The van der Waals surface area contributed by atoms with E-state index in [1.165, 1.54) is 18.0 Å². The highest BCUT2D eigenvalue weighted by atomic mass is 79.9. The summed E-state index contributed by atoms with van der Waals surface area (Å²) in [6.07, 6.45) is 0.671. The van der Waals surface area contributed by atoms with E-state index in [0.717, 1.165) is 22.4 Å². The lowest BCUT2D eigenvalue weighted by Gasteiger charge is -2.18. The third kappa shape index (κ3) is 6.47. The molecule has 1 aromatic heterocycles. The SMILES string of the molecule is CCOc1cc(C)c(-c2nc3ccccc3c(=O)n2N=Cc2cc(Cl)c(O[C@@H](C)C(=O)OC)c(Br)c2)cc1C(C)C. The molecule has 3 aromatic carbocycles. The minimum absolute atomic E-state index is 0.183. The monoisotopic (exact) mass is 639 g/mol. The fourth-order valence-electron chi connectivity index (χ4n) is 4.36. The number of hydrogen-bond donors (Lipinski definition) is 0. The Morgan fingerprint density at radius 3 is 2.56 bits per heavy atom. The predicted octanol–water partition coefficient (Wildman–Crippen LogP) is 7.13. The number of para-hydroxylation sites is 1. The maximum absolute atomic E-state index is 13.7. The lowest BCUT2D eigenvalue weighted by Crippen LogP contribution is -2.25. The summed E-state index contributed by atoms with van der Waals surface area (Å²) in [5.41, 5.74) is 3.55. The molecule has 4 aromatic rings. The molecule has 10 heteroatoms. The van der Waals surface area contributed by atoms with Gasteiger partial charge in [-0.3, -0.25) is 4.79 Å². The summed E-state index contributed by atoms with van der Waals surface area (Å²) in [5, 5.41) is 5.28. The quantitative estimate of drug-likeness (QED) is 0.143. The van der Waals surface area contributed by atoms with Crippen LogP contribution in [-0.4, -0.2) is 41.7 Å². The third-order valence-corrected chi connectivity index (χ3v) is 7.31. The Balaban J connectivity index is 1.86. The van der Waals surface area contributed by atoms with Crippen molar-refractivity contribution in [2.75, 3.05) is 13.7 Å². The number of nitrogens with zero attached hydrogens (tertiary/aromatic N) is 3. The number of halogens is 2. The number of ether oxygens (including phenoxy) is 3. The Kier molecular flexibility index (Phi) is 9.50. The number of hydrogen-bond acceptors (Lipinski definition) is 7. The van der Waals surface area contributed by atoms with Gasteiger partial charge in [-0.2, -0.15) is 9.78 Å². The highest BCUT2D eigenvalue weighted by molar-refractivity contribution is 9.10. The van der Waals surface area contributed by atoms with Gasteiger partial charge < -0.3 is 14.2 Å². The van der Waals surface area contributed by atoms with Gasteiger partial charge in [-0.05, 0) is 95.7 Å². The van der Waals surface area contributed by atoms with Crippen molar-refractivity contribution in [1.29, 1.82) is 0 Å². The molecule has 0 radical (unpaired) electrons. The van der Waals surface area contributed by atoms with E-state index in [1.54, 1.807) is 31.2 Å². The van der Waals surface area contributed by atoms with Crippen LogP contribution in [0, 0.1) is 6.92 Å². The molecule has 4 rings (SSSR count). The predicted molar refractivity (Wildman–Crippen MR) is 166 cm³/mol. The van der Waals surface area contributed by atoms with E-state index in [0.29, 0.717) is 33.4 Å². The second-order valence-corrected chi connectivity index (χ2v) is 11.0. The zero-order valence-corrected chi connectivity index (χ0v) is 26.0. The van der Waals surface area contributed by atoms with Gasteiger partial charge in [0.25, 0.3) is 5.56 Å². The molecule has 1 atom stereocenters. The van der Waals surface area contributed by atoms with Crippen molar-refractivity contribution >= 4 is 50.6 Å². The maximum Gasteiger partial charge on any atom is 0.346 e. The molecule has 0 aliphatic carbocycles. The zero-order valence-electron chi connectivity index (χ0n) is 23.7. The van der Waals surface area contributed by atoms with Crippen LogP contribution in [0.15, 0.2) is 62.9 Å². The summed E-state index contributed by atoms with van der Waals surface area (Å²) in [7, 11) is 1.29. The van der Waals surface area contributed by atoms with E-state index in [9.17, 15) is 9.59 Å². The number of fused-ring (bicyclic) bond motifs is 1. The van der Waals surface area contributed by atoms with Crippen molar-refractivity contribution in [3.8, 4) is 22.9 Å². The average molecular weight is 641 g/mol. The van der Waals surface area contributed by atoms with Gasteiger partial charge in [0.2, 0.25) is 0 Å². The molecular weight excluding hydrogens is 610 g/mol. The number of methoxy groups -OCH3 is 1. The molecule has 0 fully saturated rings. The summed E-state index contributed by atoms with van der Waals surface area (Å²) in [6.45, 7) is 10.2. The van der Waals surface area contributed by atoms with Gasteiger partial charge in [0.15, 0.2) is 17.7 Å². The molecule has 0 bridgehead atoms. The number of benzene rings is 3. The second kappa shape index (κ2) is 12.9. The zero-order chi connectivity index (χ0) is 29.8. The Hall–Kier alpha value is -3.69. The largest absolute Gasteiger partial charge is 0.494 e. The van der Waals surface area contributed by atoms with Crippen LogP contribution < -0.4 is 15.0 Å². The molecule has 1 heterocycles. The molecule has 0 unspecified atom stereocenters. The number of rotatable bonds is 9. The van der Waals surface area contributed by atoms with Gasteiger partial charge in [-0.15, -0.1) is 0 Å². The second-order valence-electron chi connectivity index (χ2n) is 9.70. The fraction of sp³-hybridized carbons (Fsp3) is 0.290. The van der Waals surface area contributed by atoms with E-state index < -0.39 is 12.1 Å². The summed E-state index contributed by atoms with van der Waals surface area (Å²) >= 11 is 9.95. The van der Waals surface area contributed by atoms with E-state index in [1.807, 2.05) is 38.1 Å². The van der Waals surface area contributed by atoms with Gasteiger partial charge in [0, 0.05) is 5.56 Å². The van der Waals surface area contributed by atoms with Crippen molar-refractivity contribution in [1.82, 2.24) is 9.66 Å². The summed E-state index contributed by atoms with van der Waals surface area (Å²) < 4.78 is 18.1. The molecular formula is C31H31BrClN3O5. The number of esters is 1. The molecule has 0 saturated carbocycles. The summed E-state index contributed by atoms with van der Waals surface area (Å²) in [4.78, 5) is 30.4. The first kappa shape index (κ1) is 30.3. The van der Waals surface area contributed by atoms with Crippen LogP contribution in [-0.2, 0) is 9.53 Å². The maximum atomic E-state index is 13.7. The smallest absolute Gasteiger partial charge is 0.346 e. The molecule has 0 aliphatic heterocycles. The molecule has 0 amide bonds. The third-order valence-electron chi connectivity index (χ3n) is 6.44. The normalized spacial score (nSPS) is 12.2. The summed E-state index contributed by atoms with van der Waals surface area (Å²) in [6, 6.07) is 14.5. The van der Waals surface area contributed by atoms with Crippen LogP contribution in [0.25, 0.3) is 22.3 Å². The fourth-order valence-corrected chi connectivity index (χ4v) is 5.32. The van der Waals surface area contributed by atoms with Crippen molar-refractivity contribution in [3.63, 3.8) is 0 Å². The van der Waals surface area contributed by atoms with E-state index in [4.69, 9.17) is 30.8 Å². The van der Waals surface area contributed by atoms with Crippen LogP contribution in [0.4, 0.5) is 0 Å². The first-order valence-corrected chi connectivity index (χ1v) is 14.3. The number of aryl methyl sites for hydroxylation is 1. The van der Waals surface area contributed by atoms with Crippen molar-refractivity contribution in [3.05, 3.63) is 85.1 Å². The van der Waals surface area contributed by atoms with Crippen LogP contribution in [0.5, 0.6) is 11.5 Å². The minimum Gasteiger partial charge on any atom is -0.494 e. The molecule has 0 spiro atoms. The van der Waals surface area contributed by atoms with Gasteiger partial charge in [0.1, 0.15) is 5.75 Å². The van der Waals surface area contributed by atoms with Gasteiger partial charge in [-0.25, -0.2) is 9.78 Å². The van der Waals surface area contributed by atoms with Crippen LogP contribution in [0.3, 0.4) is 0 Å². The number of aromatic nitrogens is 2. The Morgan fingerprint density at radius 1 is 1.17 bits per heavy atom. The Labute approximate surface area is 252 Å². The molecule has 214 valence electrons. The first-order valence-electron chi connectivity index (χ1n) is 13.1. The van der Waals surface area contributed by atoms with Crippen LogP contribution >= 0.6 is 27.5 Å². The molecule has 0 aliphatic rings. The standard InChI is InChI=1S/C31H31BrClN3O5/c1-7-40-27-12-18(4)23(15-22(27)17(2)3)29-35-26-11-9-8-10-21(26)30(37)36(29)34-16-20-13-24(32)28(25(33)14-20)41-19(5)31(38)39-6/h8-17,19H,7H2,1-6H3/t19-/m0/s1. The average Bonchev–Trinajstić information content (AvgIpc) is 2.94. The highest BCUT2D eigenvalue weighted by Gasteiger charge is 2.20. The first-order chi connectivity index (χ1) is 19.5. The van der Waals surface area contributed by atoms with Gasteiger partial charge in [-0.1, -0.05) is 37.6 Å². The number of carbonyl (C=O) groups is 1. The minimum atomic E-state index is -0.855. The molecule has 8 nitrogen and oxygen atoms in total. The van der Waals surface area contributed by atoms with E-state index >= 15 is 0 Å². The molecule has 41 heavy (non-hydrogen) atoms. The van der Waals surface area contributed by atoms with E-state index in [-0.39, 0.29) is 22.2 Å². The topological polar surface area (TPSA) is 92.0 Å². The van der Waals surface area contributed by atoms with Crippen molar-refractivity contribution in [2.24, 2.45) is 5.10 Å². The van der Waals surface area contributed by atoms with Gasteiger partial charge >= 0.3 is 5.97 Å².